The Morgan fingerprint density at radius 1 is 0.800 bits per heavy atom. The van der Waals surface area contributed by atoms with E-state index in [1.165, 1.54) is 11.1 Å². The molecule has 106 valence electrons. The molecule has 0 heterocycles. The van der Waals surface area contributed by atoms with E-state index in [0.717, 1.165) is 11.4 Å². The van der Waals surface area contributed by atoms with E-state index in [1.807, 2.05) is 24.3 Å². The second kappa shape index (κ2) is 5.69. The van der Waals surface area contributed by atoms with Crippen LogP contribution in [-0.4, -0.2) is 15.4 Å². The predicted octanol–water partition coefficient (Wildman–Crippen LogP) is 3.37. The number of anilines is 2. The summed E-state index contributed by atoms with van der Waals surface area (Å²) in [4.78, 5) is 0. The second-order valence-corrected chi connectivity index (χ2v) is 9.77. The van der Waals surface area contributed by atoms with Crippen molar-refractivity contribution in [2.24, 2.45) is 0 Å². The van der Waals surface area contributed by atoms with Gasteiger partial charge in [0.15, 0.2) is 8.32 Å². The highest BCUT2D eigenvalue weighted by molar-refractivity contribution is 6.73. The minimum Gasteiger partial charge on any atom is -0.420 e. The molecular weight excluding hydrogens is 264 g/mol. The number of hydrogen-bond acceptors (Lipinski definition) is 3. The quantitative estimate of drug-likeness (QED) is 0.669. The maximum absolute atomic E-state index is 5.85. The number of hydrogen-bond donors (Lipinski definition) is 2. The van der Waals surface area contributed by atoms with Crippen LogP contribution in [0.15, 0.2) is 48.5 Å². The summed E-state index contributed by atoms with van der Waals surface area (Å²) in [7, 11) is -0.105. The van der Waals surface area contributed by atoms with Crippen LogP contribution < -0.4 is 11.5 Å². The first kappa shape index (κ1) is 14.6. The molecule has 0 aliphatic rings. The Morgan fingerprint density at radius 2 is 1.15 bits per heavy atom. The third-order valence-corrected chi connectivity index (χ3v) is 6.87. The summed E-state index contributed by atoms with van der Waals surface area (Å²) in [5.41, 5.74) is 15.9. The lowest BCUT2D eigenvalue weighted by molar-refractivity contribution is 0.397. The third-order valence-electron chi connectivity index (χ3n) is 3.76. The summed E-state index contributed by atoms with van der Waals surface area (Å²) in [6, 6.07) is 16.1. The monoisotopic (exact) mass is 286 g/mol. The van der Waals surface area contributed by atoms with Crippen molar-refractivity contribution in [2.45, 2.75) is 18.6 Å². The SMILES string of the molecule is CO[Si](C)(C)C(c1ccc(N)cc1)c1ccc(N)cc1. The van der Waals surface area contributed by atoms with E-state index in [0.29, 0.717) is 0 Å². The zero-order valence-electron chi connectivity index (χ0n) is 12.3. The van der Waals surface area contributed by atoms with Gasteiger partial charge in [-0.2, -0.15) is 0 Å². The standard InChI is InChI=1S/C16H22N2OSi/c1-19-20(2,3)16(12-4-8-14(17)9-5-12)13-6-10-15(18)11-7-13/h4-11,16H,17-18H2,1-3H3. The summed E-state index contributed by atoms with van der Waals surface area (Å²) in [6.07, 6.45) is 0. The molecule has 0 spiro atoms. The van der Waals surface area contributed by atoms with Crippen molar-refractivity contribution in [1.29, 1.82) is 0 Å². The smallest absolute Gasteiger partial charge is 0.197 e. The molecule has 20 heavy (non-hydrogen) atoms. The van der Waals surface area contributed by atoms with E-state index in [9.17, 15) is 0 Å². The molecule has 0 aliphatic heterocycles. The molecule has 0 atom stereocenters. The van der Waals surface area contributed by atoms with Crippen molar-refractivity contribution in [3.63, 3.8) is 0 Å². The molecule has 2 aromatic rings. The van der Waals surface area contributed by atoms with Crippen LogP contribution in [0.1, 0.15) is 16.7 Å². The third kappa shape index (κ3) is 3.03. The molecular formula is C16H22N2OSi. The topological polar surface area (TPSA) is 61.3 Å². The number of nitrogen functional groups attached to an aromatic ring is 2. The van der Waals surface area contributed by atoms with Crippen LogP contribution >= 0.6 is 0 Å². The highest BCUT2D eigenvalue weighted by Gasteiger charge is 2.35. The summed E-state index contributed by atoms with van der Waals surface area (Å²) >= 11 is 0. The summed E-state index contributed by atoms with van der Waals surface area (Å²) < 4.78 is 5.85. The van der Waals surface area contributed by atoms with E-state index in [2.05, 4.69) is 37.4 Å². The Hall–Kier alpha value is -1.78. The summed E-state index contributed by atoms with van der Waals surface area (Å²) in [5.74, 6) is 0. The first-order valence-corrected chi connectivity index (χ1v) is 9.68. The fraction of sp³-hybridized carbons (Fsp3) is 0.250. The molecule has 4 heteroatoms. The van der Waals surface area contributed by atoms with Gasteiger partial charge in [-0.15, -0.1) is 0 Å². The highest BCUT2D eigenvalue weighted by atomic mass is 28.4. The lowest BCUT2D eigenvalue weighted by Crippen LogP contribution is -2.38. The van der Waals surface area contributed by atoms with Gasteiger partial charge in [0, 0.05) is 24.0 Å². The number of benzene rings is 2. The maximum atomic E-state index is 5.85. The van der Waals surface area contributed by atoms with Crippen LogP contribution in [0.25, 0.3) is 0 Å². The Morgan fingerprint density at radius 3 is 1.45 bits per heavy atom. The van der Waals surface area contributed by atoms with Crippen LogP contribution in [-0.2, 0) is 4.43 Å². The van der Waals surface area contributed by atoms with E-state index >= 15 is 0 Å². The lowest BCUT2D eigenvalue weighted by atomic mass is 10.0. The minimum atomic E-state index is -1.90. The van der Waals surface area contributed by atoms with Gasteiger partial charge >= 0.3 is 0 Å². The molecule has 0 saturated heterocycles. The van der Waals surface area contributed by atoms with Gasteiger partial charge in [0.05, 0.1) is 0 Å². The van der Waals surface area contributed by atoms with E-state index in [-0.39, 0.29) is 5.54 Å². The molecule has 2 rings (SSSR count). The molecule has 0 amide bonds. The van der Waals surface area contributed by atoms with Gasteiger partial charge in [-0.3, -0.25) is 0 Å². The Labute approximate surface area is 121 Å². The van der Waals surface area contributed by atoms with Gasteiger partial charge in [-0.1, -0.05) is 24.3 Å². The fourth-order valence-corrected chi connectivity index (χ4v) is 4.72. The maximum Gasteiger partial charge on any atom is 0.197 e. The largest absolute Gasteiger partial charge is 0.420 e. The van der Waals surface area contributed by atoms with Crippen molar-refractivity contribution >= 4 is 19.7 Å². The lowest BCUT2D eigenvalue weighted by Gasteiger charge is -2.31. The highest BCUT2D eigenvalue weighted by Crippen LogP contribution is 2.34. The van der Waals surface area contributed by atoms with Gasteiger partial charge in [-0.25, -0.2) is 0 Å². The summed E-state index contributed by atoms with van der Waals surface area (Å²) in [5, 5.41) is 0. The van der Waals surface area contributed by atoms with E-state index in [4.69, 9.17) is 15.9 Å². The molecule has 0 saturated carbocycles. The average Bonchev–Trinajstić information content (AvgIpc) is 2.43. The molecule has 0 fully saturated rings. The van der Waals surface area contributed by atoms with Gasteiger partial charge < -0.3 is 15.9 Å². The van der Waals surface area contributed by atoms with Crippen LogP contribution in [0, 0.1) is 0 Å². The van der Waals surface area contributed by atoms with Gasteiger partial charge in [0.2, 0.25) is 0 Å². The van der Waals surface area contributed by atoms with Crippen LogP contribution in [0.3, 0.4) is 0 Å². The molecule has 0 radical (unpaired) electrons. The fourth-order valence-electron chi connectivity index (χ4n) is 2.49. The van der Waals surface area contributed by atoms with Crippen molar-refractivity contribution in [2.75, 3.05) is 18.6 Å². The Balaban J connectivity index is 2.50. The van der Waals surface area contributed by atoms with E-state index < -0.39 is 8.32 Å². The molecule has 0 aromatic heterocycles. The van der Waals surface area contributed by atoms with Crippen molar-refractivity contribution < 1.29 is 4.43 Å². The molecule has 4 N–H and O–H groups in total. The average molecular weight is 286 g/mol. The van der Waals surface area contributed by atoms with Crippen molar-refractivity contribution in [3.05, 3.63) is 59.7 Å². The van der Waals surface area contributed by atoms with Crippen molar-refractivity contribution in [1.82, 2.24) is 0 Å². The minimum absolute atomic E-state index is 0.258. The normalized spacial score (nSPS) is 11.8. The van der Waals surface area contributed by atoms with Crippen LogP contribution in [0.5, 0.6) is 0 Å². The Kier molecular flexibility index (Phi) is 4.16. The van der Waals surface area contributed by atoms with Gasteiger partial charge in [-0.05, 0) is 48.5 Å². The van der Waals surface area contributed by atoms with Crippen molar-refractivity contribution in [3.8, 4) is 0 Å². The summed E-state index contributed by atoms with van der Waals surface area (Å²) in [6.45, 7) is 4.45. The van der Waals surface area contributed by atoms with Crippen LogP contribution in [0.2, 0.25) is 13.1 Å². The van der Waals surface area contributed by atoms with E-state index in [1.54, 1.807) is 7.11 Å². The number of rotatable bonds is 4. The predicted molar refractivity (Wildman–Crippen MR) is 88.0 cm³/mol. The van der Waals surface area contributed by atoms with Gasteiger partial charge in [0.25, 0.3) is 0 Å². The second-order valence-electron chi connectivity index (χ2n) is 5.57. The molecule has 0 unspecified atom stereocenters. The first-order chi connectivity index (χ1) is 9.44. The van der Waals surface area contributed by atoms with Crippen LogP contribution in [0.4, 0.5) is 11.4 Å². The zero-order chi connectivity index (χ0) is 14.8. The Bertz CT molecular complexity index is 519. The van der Waals surface area contributed by atoms with Gasteiger partial charge in [0.1, 0.15) is 0 Å². The first-order valence-electron chi connectivity index (χ1n) is 6.70. The number of nitrogens with two attached hydrogens (primary N) is 2. The molecule has 0 aliphatic carbocycles. The molecule has 2 aromatic carbocycles. The molecule has 0 bridgehead atoms. The zero-order valence-corrected chi connectivity index (χ0v) is 13.3. The molecule has 3 nitrogen and oxygen atoms in total.